The second-order valence-electron chi connectivity index (χ2n) is 13.6. The summed E-state index contributed by atoms with van der Waals surface area (Å²) in [5.74, 6) is -0.349. The Bertz CT molecular complexity index is 752. The molecule has 1 unspecified atom stereocenters. The number of carbonyl (C=O) groups is 1. The summed E-state index contributed by atoms with van der Waals surface area (Å²) >= 11 is 0. The minimum Gasteiger partial charge on any atom is -0.498 e. The van der Waals surface area contributed by atoms with Gasteiger partial charge in [0.25, 0.3) is 0 Å². The highest BCUT2D eigenvalue weighted by molar-refractivity contribution is 7.47. The van der Waals surface area contributed by atoms with Crippen molar-refractivity contribution in [3.05, 3.63) is 12.3 Å². The summed E-state index contributed by atoms with van der Waals surface area (Å²) in [5.41, 5.74) is 5.35. The molecule has 0 radical (unpaired) electrons. The Morgan fingerprint density at radius 2 is 1.04 bits per heavy atom. The number of nitrogens with two attached hydrogens (primary N) is 1. The fourth-order valence-corrected chi connectivity index (χ4v) is 6.55. The van der Waals surface area contributed by atoms with Crippen molar-refractivity contribution in [3.63, 3.8) is 0 Å². The number of carbonyl (C=O) groups excluding carboxylic acids is 1. The van der Waals surface area contributed by atoms with Crippen LogP contribution in [-0.2, 0) is 27.9 Å². The molecule has 286 valence electrons. The number of phosphoric ester groups is 1. The van der Waals surface area contributed by atoms with Crippen LogP contribution in [0.5, 0.6) is 0 Å². The normalized spacial score (nSPS) is 13.6. The van der Waals surface area contributed by atoms with E-state index >= 15 is 0 Å². The van der Waals surface area contributed by atoms with E-state index in [0.717, 1.165) is 32.1 Å². The number of hydrogen-bond acceptors (Lipinski definition) is 7. The van der Waals surface area contributed by atoms with Crippen LogP contribution in [0.15, 0.2) is 12.3 Å². The minimum absolute atomic E-state index is 0.0381. The SMILES string of the molecule is CCCCCCCCCCCCCCC=COC[C@H](COP(=O)(O)OCCN)OC(=O)CCCCCCCCCCCCCCCCC. The lowest BCUT2D eigenvalue weighted by molar-refractivity contribution is -0.153. The van der Waals surface area contributed by atoms with Crippen molar-refractivity contribution >= 4 is 13.8 Å². The summed E-state index contributed by atoms with van der Waals surface area (Å²) in [7, 11) is -4.28. The van der Waals surface area contributed by atoms with Gasteiger partial charge in [0.05, 0.1) is 19.5 Å². The Morgan fingerprint density at radius 3 is 1.48 bits per heavy atom. The number of unbranched alkanes of at least 4 members (excludes halogenated alkanes) is 26. The molecule has 0 aromatic rings. The van der Waals surface area contributed by atoms with Crippen molar-refractivity contribution in [2.75, 3.05) is 26.4 Å². The predicted molar refractivity (Wildman–Crippen MR) is 201 cm³/mol. The first-order valence-corrected chi connectivity index (χ1v) is 21.7. The fourth-order valence-electron chi connectivity index (χ4n) is 5.79. The van der Waals surface area contributed by atoms with E-state index in [9.17, 15) is 14.3 Å². The van der Waals surface area contributed by atoms with Crippen molar-refractivity contribution in [3.8, 4) is 0 Å². The molecule has 9 heteroatoms. The van der Waals surface area contributed by atoms with Crippen LogP contribution >= 0.6 is 7.82 Å². The van der Waals surface area contributed by atoms with Crippen molar-refractivity contribution in [2.45, 2.75) is 206 Å². The first-order valence-electron chi connectivity index (χ1n) is 20.2. The molecule has 48 heavy (non-hydrogen) atoms. The van der Waals surface area contributed by atoms with Gasteiger partial charge in [0.15, 0.2) is 6.10 Å². The smallest absolute Gasteiger partial charge is 0.472 e. The third-order valence-corrected chi connectivity index (χ3v) is 9.76. The molecular weight excluding hydrogens is 625 g/mol. The van der Waals surface area contributed by atoms with Gasteiger partial charge in [-0.25, -0.2) is 4.57 Å². The highest BCUT2D eigenvalue weighted by Gasteiger charge is 2.25. The van der Waals surface area contributed by atoms with Crippen molar-refractivity contribution < 1.29 is 32.8 Å². The summed E-state index contributed by atoms with van der Waals surface area (Å²) < 4.78 is 33.1. The number of rotatable bonds is 39. The second kappa shape index (κ2) is 37.3. The molecular formula is C39H78NO7P. The van der Waals surface area contributed by atoms with E-state index in [1.165, 1.54) is 148 Å². The van der Waals surface area contributed by atoms with Crippen LogP contribution in [0, 0.1) is 0 Å². The van der Waals surface area contributed by atoms with Gasteiger partial charge in [-0.3, -0.25) is 13.8 Å². The minimum atomic E-state index is -4.28. The Balaban J connectivity index is 4.08. The predicted octanol–water partition coefficient (Wildman–Crippen LogP) is 11.9. The average Bonchev–Trinajstić information content (AvgIpc) is 3.07. The molecule has 0 amide bonds. The molecule has 0 saturated carbocycles. The van der Waals surface area contributed by atoms with E-state index in [2.05, 4.69) is 13.8 Å². The Labute approximate surface area is 296 Å². The lowest BCUT2D eigenvalue weighted by atomic mass is 10.0. The van der Waals surface area contributed by atoms with Gasteiger partial charge in [-0.15, -0.1) is 0 Å². The van der Waals surface area contributed by atoms with Gasteiger partial charge >= 0.3 is 13.8 Å². The molecule has 3 N–H and O–H groups in total. The largest absolute Gasteiger partial charge is 0.498 e. The highest BCUT2D eigenvalue weighted by Crippen LogP contribution is 2.43. The van der Waals surface area contributed by atoms with E-state index in [1.54, 1.807) is 6.26 Å². The number of ether oxygens (including phenoxy) is 2. The summed E-state index contributed by atoms with van der Waals surface area (Å²) in [6.07, 6.45) is 38.8. The molecule has 8 nitrogen and oxygen atoms in total. The molecule has 0 rings (SSSR count). The lowest BCUT2D eigenvalue weighted by Crippen LogP contribution is -2.27. The van der Waals surface area contributed by atoms with Gasteiger partial charge in [-0.2, -0.15) is 0 Å². The third-order valence-electron chi connectivity index (χ3n) is 8.78. The number of esters is 1. The topological polar surface area (TPSA) is 117 Å². The fraction of sp³-hybridized carbons (Fsp3) is 0.923. The van der Waals surface area contributed by atoms with Crippen LogP contribution in [0.2, 0.25) is 0 Å². The van der Waals surface area contributed by atoms with E-state index in [-0.39, 0.29) is 32.3 Å². The van der Waals surface area contributed by atoms with Gasteiger partial charge in [-0.1, -0.05) is 174 Å². The molecule has 0 aliphatic carbocycles. The van der Waals surface area contributed by atoms with Gasteiger partial charge < -0.3 is 20.1 Å². The highest BCUT2D eigenvalue weighted by atomic mass is 31.2. The van der Waals surface area contributed by atoms with Crippen LogP contribution in [0.25, 0.3) is 0 Å². The molecule has 0 fully saturated rings. The molecule has 0 aromatic heterocycles. The lowest BCUT2D eigenvalue weighted by Gasteiger charge is -2.19. The van der Waals surface area contributed by atoms with Gasteiger partial charge in [0, 0.05) is 13.0 Å². The van der Waals surface area contributed by atoms with Crippen molar-refractivity contribution in [1.29, 1.82) is 0 Å². The van der Waals surface area contributed by atoms with Crippen LogP contribution in [0.3, 0.4) is 0 Å². The molecule has 0 aliphatic heterocycles. The first kappa shape index (κ1) is 47.1. The Hall–Kier alpha value is -0.920. The van der Waals surface area contributed by atoms with Gasteiger partial charge in [0.2, 0.25) is 0 Å². The zero-order valence-electron chi connectivity index (χ0n) is 31.5. The van der Waals surface area contributed by atoms with Crippen molar-refractivity contribution in [2.24, 2.45) is 5.73 Å². The summed E-state index contributed by atoms with van der Waals surface area (Å²) in [6, 6.07) is 0. The van der Waals surface area contributed by atoms with E-state index in [1.807, 2.05) is 6.08 Å². The van der Waals surface area contributed by atoms with Crippen LogP contribution in [0.4, 0.5) is 0 Å². The van der Waals surface area contributed by atoms with Gasteiger partial charge in [-0.05, 0) is 25.3 Å². The number of allylic oxidation sites excluding steroid dienone is 1. The summed E-state index contributed by atoms with van der Waals surface area (Å²) in [5, 5.41) is 0. The molecule has 0 heterocycles. The van der Waals surface area contributed by atoms with Crippen LogP contribution in [0.1, 0.15) is 200 Å². The zero-order chi connectivity index (χ0) is 35.2. The van der Waals surface area contributed by atoms with Gasteiger partial charge in [0.1, 0.15) is 6.61 Å². The van der Waals surface area contributed by atoms with Crippen LogP contribution in [-0.4, -0.2) is 43.3 Å². The quantitative estimate of drug-likeness (QED) is 0.0281. The first-order chi connectivity index (χ1) is 23.4. The molecule has 0 spiro atoms. The standard InChI is InChI=1S/C39H78NO7P/c1-3-5-7-9-11-13-15-17-19-20-22-24-26-28-30-32-39(41)47-38(37-46-48(42,43)45-35-33-40)36-44-34-31-29-27-25-23-21-18-16-14-12-10-8-6-4-2/h31,34,38H,3-30,32-33,35-37,40H2,1-2H3,(H,42,43)/t38-/m1/s1. The number of phosphoric acid groups is 1. The van der Waals surface area contributed by atoms with E-state index < -0.39 is 13.9 Å². The maximum absolute atomic E-state index is 12.5. The monoisotopic (exact) mass is 704 g/mol. The van der Waals surface area contributed by atoms with E-state index in [4.69, 9.17) is 24.3 Å². The number of hydrogen-bond donors (Lipinski definition) is 2. The van der Waals surface area contributed by atoms with Crippen molar-refractivity contribution in [1.82, 2.24) is 0 Å². The van der Waals surface area contributed by atoms with E-state index in [0.29, 0.717) is 6.42 Å². The maximum Gasteiger partial charge on any atom is 0.472 e. The molecule has 0 aliphatic rings. The Morgan fingerprint density at radius 1 is 0.625 bits per heavy atom. The summed E-state index contributed by atoms with van der Waals surface area (Å²) in [4.78, 5) is 22.4. The third kappa shape index (κ3) is 36.4. The average molecular weight is 704 g/mol. The zero-order valence-corrected chi connectivity index (χ0v) is 32.4. The maximum atomic E-state index is 12.5. The molecule has 0 bridgehead atoms. The molecule has 0 saturated heterocycles. The van der Waals surface area contributed by atoms with Crippen LogP contribution < -0.4 is 5.73 Å². The second-order valence-corrected chi connectivity index (χ2v) is 15.0. The molecule has 0 aromatic carbocycles. The summed E-state index contributed by atoms with van der Waals surface area (Å²) in [6.45, 7) is 4.26. The molecule has 2 atom stereocenters. The Kier molecular flexibility index (Phi) is 36.6.